The van der Waals surface area contributed by atoms with Gasteiger partial charge in [-0.2, -0.15) is 4.98 Å². The standard InChI is InChI=1S/C24H29ClF2N6O3S/c1-4-29-23-30-11-15-9-19(18-6-5-17(10-20(18)25)37(35,36)32-14(2)3)22(34)33(21(15)31-23)13-16-12-28-8-7-24(16,26)27/h5-6,9-11,14,16,28,32H,4,7-8,12-13H2,1-3H3,(H,29,30,31). The van der Waals surface area contributed by atoms with Crippen molar-refractivity contribution in [1.29, 1.82) is 0 Å². The summed E-state index contributed by atoms with van der Waals surface area (Å²) in [6.07, 6.45) is 1.18. The van der Waals surface area contributed by atoms with E-state index in [1.807, 2.05) is 6.92 Å². The van der Waals surface area contributed by atoms with Crippen LogP contribution < -0.4 is 20.9 Å². The Morgan fingerprint density at radius 2 is 2.03 bits per heavy atom. The van der Waals surface area contributed by atoms with Gasteiger partial charge in [0, 0.05) is 66.4 Å². The minimum atomic E-state index is -3.81. The molecule has 3 aromatic rings. The molecule has 0 saturated carbocycles. The normalized spacial score (nSPS) is 17.9. The van der Waals surface area contributed by atoms with Gasteiger partial charge in [0.25, 0.3) is 11.5 Å². The number of rotatable bonds is 8. The fourth-order valence-corrected chi connectivity index (χ4v) is 5.95. The lowest BCUT2D eigenvalue weighted by atomic mass is 9.94. The molecule has 0 aliphatic carbocycles. The summed E-state index contributed by atoms with van der Waals surface area (Å²) in [6, 6.07) is 5.27. The highest BCUT2D eigenvalue weighted by Gasteiger charge is 2.42. The van der Waals surface area contributed by atoms with E-state index in [0.29, 0.717) is 11.9 Å². The third kappa shape index (κ3) is 5.77. The first-order chi connectivity index (χ1) is 17.4. The van der Waals surface area contributed by atoms with Gasteiger partial charge >= 0.3 is 0 Å². The summed E-state index contributed by atoms with van der Waals surface area (Å²) in [5, 5.41) is 6.44. The summed E-state index contributed by atoms with van der Waals surface area (Å²) in [7, 11) is -3.81. The van der Waals surface area contributed by atoms with Crippen LogP contribution in [0.2, 0.25) is 5.02 Å². The number of sulfonamides is 1. The van der Waals surface area contributed by atoms with Gasteiger partial charge in [-0.15, -0.1) is 0 Å². The summed E-state index contributed by atoms with van der Waals surface area (Å²) >= 11 is 6.47. The van der Waals surface area contributed by atoms with E-state index < -0.39 is 27.4 Å². The van der Waals surface area contributed by atoms with E-state index in [-0.39, 0.29) is 64.7 Å². The SMILES string of the molecule is CCNc1ncc2cc(-c3ccc(S(=O)(=O)NC(C)C)cc3Cl)c(=O)n(CC3CNCCC3(F)F)c2n1. The first kappa shape index (κ1) is 27.4. The number of anilines is 1. The van der Waals surface area contributed by atoms with Crippen LogP contribution in [0, 0.1) is 5.92 Å². The Kier molecular flexibility index (Phi) is 7.84. The van der Waals surface area contributed by atoms with Crippen LogP contribution in [0.5, 0.6) is 0 Å². The van der Waals surface area contributed by atoms with Crippen LogP contribution in [-0.4, -0.2) is 54.6 Å². The van der Waals surface area contributed by atoms with Crippen molar-refractivity contribution in [1.82, 2.24) is 24.6 Å². The number of benzene rings is 1. The molecule has 1 fully saturated rings. The molecule has 1 aromatic carbocycles. The first-order valence-corrected chi connectivity index (χ1v) is 13.8. The van der Waals surface area contributed by atoms with Crippen molar-refractivity contribution < 1.29 is 17.2 Å². The highest BCUT2D eigenvalue weighted by molar-refractivity contribution is 7.89. The summed E-state index contributed by atoms with van der Waals surface area (Å²) < 4.78 is 58.3. The fraction of sp³-hybridized carbons (Fsp3) is 0.458. The largest absolute Gasteiger partial charge is 0.354 e. The van der Waals surface area contributed by atoms with Crippen molar-refractivity contribution in [2.45, 2.75) is 50.6 Å². The number of hydrogen-bond donors (Lipinski definition) is 3. The Morgan fingerprint density at radius 3 is 2.68 bits per heavy atom. The third-order valence-corrected chi connectivity index (χ3v) is 8.09. The van der Waals surface area contributed by atoms with Gasteiger partial charge in [-0.1, -0.05) is 17.7 Å². The molecule has 1 atom stereocenters. The maximum absolute atomic E-state index is 14.7. The highest BCUT2D eigenvalue weighted by atomic mass is 35.5. The predicted octanol–water partition coefficient (Wildman–Crippen LogP) is 3.48. The molecule has 37 heavy (non-hydrogen) atoms. The van der Waals surface area contributed by atoms with Crippen LogP contribution in [-0.2, 0) is 16.6 Å². The Bertz CT molecular complexity index is 1480. The number of alkyl halides is 2. The number of pyridine rings is 1. The van der Waals surface area contributed by atoms with Crippen molar-refractivity contribution in [2.75, 3.05) is 25.0 Å². The molecule has 4 rings (SSSR count). The lowest BCUT2D eigenvalue weighted by molar-refractivity contribution is -0.0833. The van der Waals surface area contributed by atoms with Gasteiger partial charge in [0.2, 0.25) is 16.0 Å². The number of nitrogens with zero attached hydrogens (tertiary/aromatic N) is 3. The molecule has 3 N–H and O–H groups in total. The second kappa shape index (κ2) is 10.6. The van der Waals surface area contributed by atoms with Crippen LogP contribution in [0.3, 0.4) is 0 Å². The smallest absolute Gasteiger partial charge is 0.260 e. The molecule has 1 aliphatic heterocycles. The van der Waals surface area contributed by atoms with E-state index in [0.717, 1.165) is 0 Å². The van der Waals surface area contributed by atoms with Gasteiger partial charge < -0.3 is 10.6 Å². The molecule has 13 heteroatoms. The van der Waals surface area contributed by atoms with Crippen molar-refractivity contribution in [3.05, 3.63) is 45.8 Å². The molecular weight excluding hydrogens is 526 g/mol. The predicted molar refractivity (Wildman–Crippen MR) is 140 cm³/mol. The van der Waals surface area contributed by atoms with Crippen LogP contribution in [0.25, 0.3) is 22.2 Å². The lowest BCUT2D eigenvalue weighted by Crippen LogP contribution is -2.47. The summed E-state index contributed by atoms with van der Waals surface area (Å²) in [5.74, 6) is -3.81. The van der Waals surface area contributed by atoms with Crippen molar-refractivity contribution in [2.24, 2.45) is 5.92 Å². The Hall–Kier alpha value is -2.67. The molecule has 1 saturated heterocycles. The van der Waals surface area contributed by atoms with E-state index in [2.05, 4.69) is 25.3 Å². The van der Waals surface area contributed by atoms with Gasteiger partial charge in [0.15, 0.2) is 0 Å². The fourth-order valence-electron chi connectivity index (χ4n) is 4.33. The summed E-state index contributed by atoms with van der Waals surface area (Å²) in [4.78, 5) is 22.4. The van der Waals surface area contributed by atoms with Gasteiger partial charge in [0.1, 0.15) is 5.65 Å². The minimum absolute atomic E-state index is 0.0319. The molecule has 9 nitrogen and oxygen atoms in total. The molecule has 1 aliphatic rings. The molecule has 0 bridgehead atoms. The second-order valence-corrected chi connectivity index (χ2v) is 11.4. The number of halogens is 3. The average Bonchev–Trinajstić information content (AvgIpc) is 2.81. The van der Waals surface area contributed by atoms with E-state index in [1.165, 1.54) is 29.0 Å². The molecule has 3 heterocycles. The topological polar surface area (TPSA) is 118 Å². The molecule has 2 aromatic heterocycles. The molecule has 0 radical (unpaired) electrons. The van der Waals surface area contributed by atoms with Gasteiger partial charge in [-0.3, -0.25) is 9.36 Å². The lowest BCUT2D eigenvalue weighted by Gasteiger charge is -2.32. The van der Waals surface area contributed by atoms with E-state index in [9.17, 15) is 22.0 Å². The van der Waals surface area contributed by atoms with Gasteiger partial charge in [-0.05, 0) is 39.0 Å². The van der Waals surface area contributed by atoms with Crippen LogP contribution in [0.15, 0.2) is 40.2 Å². The molecular formula is C24H29ClF2N6O3S. The maximum Gasteiger partial charge on any atom is 0.260 e. The number of nitrogens with one attached hydrogen (secondary N) is 3. The van der Waals surface area contributed by atoms with Crippen molar-refractivity contribution >= 4 is 38.6 Å². The van der Waals surface area contributed by atoms with Gasteiger partial charge in [-0.25, -0.2) is 26.9 Å². The van der Waals surface area contributed by atoms with E-state index in [1.54, 1.807) is 19.9 Å². The highest BCUT2D eigenvalue weighted by Crippen LogP contribution is 2.33. The number of fused-ring (bicyclic) bond motifs is 1. The van der Waals surface area contributed by atoms with E-state index in [4.69, 9.17) is 11.6 Å². The van der Waals surface area contributed by atoms with Crippen LogP contribution in [0.4, 0.5) is 14.7 Å². The number of piperidine rings is 1. The summed E-state index contributed by atoms with van der Waals surface area (Å²) in [5.41, 5.74) is 0.0608. The zero-order valence-electron chi connectivity index (χ0n) is 20.7. The van der Waals surface area contributed by atoms with Crippen molar-refractivity contribution in [3.63, 3.8) is 0 Å². The summed E-state index contributed by atoms with van der Waals surface area (Å²) in [6.45, 7) is 5.76. The quantitative estimate of drug-likeness (QED) is 0.390. The van der Waals surface area contributed by atoms with Gasteiger partial charge in [0.05, 0.1) is 10.8 Å². The molecule has 0 spiro atoms. The zero-order chi connectivity index (χ0) is 27.0. The number of hydrogen-bond acceptors (Lipinski definition) is 7. The third-order valence-electron chi connectivity index (χ3n) is 6.12. The second-order valence-electron chi connectivity index (χ2n) is 9.31. The Labute approximate surface area is 218 Å². The first-order valence-electron chi connectivity index (χ1n) is 12.0. The maximum atomic E-state index is 14.7. The number of aromatic nitrogens is 3. The Balaban J connectivity index is 1.87. The minimum Gasteiger partial charge on any atom is -0.354 e. The monoisotopic (exact) mass is 554 g/mol. The van der Waals surface area contributed by atoms with Crippen LogP contribution in [0.1, 0.15) is 27.2 Å². The zero-order valence-corrected chi connectivity index (χ0v) is 22.3. The molecule has 200 valence electrons. The average molecular weight is 555 g/mol. The van der Waals surface area contributed by atoms with E-state index >= 15 is 0 Å². The van der Waals surface area contributed by atoms with Crippen molar-refractivity contribution in [3.8, 4) is 11.1 Å². The Morgan fingerprint density at radius 1 is 1.27 bits per heavy atom. The molecule has 0 amide bonds. The molecule has 1 unspecified atom stereocenters. The van der Waals surface area contributed by atoms with Crippen LogP contribution >= 0.6 is 11.6 Å².